The van der Waals surface area contributed by atoms with Crippen molar-refractivity contribution in [3.63, 3.8) is 0 Å². The fourth-order valence-electron chi connectivity index (χ4n) is 2.79. The summed E-state index contributed by atoms with van der Waals surface area (Å²) in [4.78, 5) is 15.8. The van der Waals surface area contributed by atoms with Crippen molar-refractivity contribution in [1.29, 1.82) is 0 Å². The Kier molecular flexibility index (Phi) is 4.70. The van der Waals surface area contributed by atoms with Gasteiger partial charge < -0.3 is 4.90 Å². The van der Waals surface area contributed by atoms with Crippen molar-refractivity contribution < 1.29 is 4.79 Å². The molecule has 0 aromatic carbocycles. The molecule has 5 heteroatoms. The van der Waals surface area contributed by atoms with Gasteiger partial charge in [0, 0.05) is 52.2 Å². The molecule has 17 heavy (non-hydrogen) atoms. The molecule has 98 valence electrons. The van der Waals surface area contributed by atoms with Crippen LogP contribution in [0.3, 0.4) is 0 Å². The summed E-state index contributed by atoms with van der Waals surface area (Å²) < 4.78 is 2.45. The van der Waals surface area contributed by atoms with Gasteiger partial charge in [0.2, 0.25) is 5.91 Å². The zero-order valence-electron chi connectivity index (χ0n) is 10.9. The van der Waals surface area contributed by atoms with E-state index in [2.05, 4.69) is 15.5 Å². The number of piperazine rings is 1. The van der Waals surface area contributed by atoms with E-state index in [0.29, 0.717) is 0 Å². The molecule has 2 saturated heterocycles. The molecule has 2 aliphatic rings. The molecule has 2 fully saturated rings. The summed E-state index contributed by atoms with van der Waals surface area (Å²) in [6, 6.07) is 0.743. The number of rotatable bonds is 2. The number of amides is 1. The maximum Gasteiger partial charge on any atom is 0.219 e. The first-order chi connectivity index (χ1) is 8.20. The van der Waals surface area contributed by atoms with Crippen LogP contribution in [0.5, 0.6) is 0 Å². The van der Waals surface area contributed by atoms with Gasteiger partial charge in [-0.25, -0.2) is 0 Å². The van der Waals surface area contributed by atoms with Crippen molar-refractivity contribution in [3.8, 4) is 0 Å². The largest absolute Gasteiger partial charge is 0.340 e. The van der Waals surface area contributed by atoms with Crippen LogP contribution in [0.2, 0.25) is 0 Å². The highest BCUT2D eigenvalue weighted by Crippen LogP contribution is 2.21. The van der Waals surface area contributed by atoms with Crippen molar-refractivity contribution in [2.75, 3.05) is 45.5 Å². The lowest BCUT2D eigenvalue weighted by atomic mass is 10.0. The Bertz CT molecular complexity index is 258. The molecule has 2 aliphatic heterocycles. The van der Waals surface area contributed by atoms with Crippen molar-refractivity contribution in [3.05, 3.63) is 0 Å². The van der Waals surface area contributed by atoms with E-state index in [0.717, 1.165) is 32.2 Å². The van der Waals surface area contributed by atoms with Crippen molar-refractivity contribution in [2.24, 2.45) is 0 Å². The molecule has 1 amide bonds. The van der Waals surface area contributed by atoms with E-state index in [4.69, 9.17) is 0 Å². The predicted octanol–water partition coefficient (Wildman–Crippen LogP) is 0.893. The predicted molar refractivity (Wildman–Crippen MR) is 71.9 cm³/mol. The quantitative estimate of drug-likeness (QED) is 0.687. The third-order valence-corrected chi connectivity index (χ3v) is 4.84. The molecule has 0 aromatic rings. The van der Waals surface area contributed by atoms with Gasteiger partial charge in [-0.1, -0.05) is 11.9 Å². The van der Waals surface area contributed by atoms with E-state index in [1.165, 1.54) is 25.9 Å². The third kappa shape index (κ3) is 3.36. The van der Waals surface area contributed by atoms with Gasteiger partial charge in [-0.15, -0.1) is 0 Å². The smallest absolute Gasteiger partial charge is 0.219 e. The van der Waals surface area contributed by atoms with Gasteiger partial charge in [0.15, 0.2) is 0 Å². The molecular weight excluding hydrogens is 234 g/mol. The summed E-state index contributed by atoms with van der Waals surface area (Å²) in [5.74, 6) is 0.224. The summed E-state index contributed by atoms with van der Waals surface area (Å²) >= 11 is 1.86. The number of hydrogen-bond acceptors (Lipinski definition) is 4. The number of carbonyl (C=O) groups is 1. The van der Waals surface area contributed by atoms with Gasteiger partial charge >= 0.3 is 0 Å². The van der Waals surface area contributed by atoms with Gasteiger partial charge in [-0.2, -0.15) is 0 Å². The average molecular weight is 257 g/mol. The van der Waals surface area contributed by atoms with Crippen molar-refractivity contribution in [2.45, 2.75) is 25.8 Å². The lowest BCUT2D eigenvalue weighted by molar-refractivity contribution is -0.131. The summed E-state index contributed by atoms with van der Waals surface area (Å²) in [5, 5.41) is 0. The Labute approximate surface area is 108 Å². The highest BCUT2D eigenvalue weighted by Gasteiger charge is 2.27. The normalized spacial score (nSPS) is 25.2. The Hall–Kier alpha value is -0.260. The third-order valence-electron chi connectivity index (χ3n) is 3.96. The molecule has 0 atom stereocenters. The molecule has 0 bridgehead atoms. The second-order valence-electron chi connectivity index (χ2n) is 4.88. The standard InChI is InChI=1S/C12H23N3OS/c1-11(16)13-7-9-14(10-8-13)12-3-5-15(17-2)6-4-12/h12H,3-10H2,1-2H3. The fourth-order valence-corrected chi connectivity index (χ4v) is 3.37. The first kappa shape index (κ1) is 13.2. The average Bonchev–Trinajstić information content (AvgIpc) is 2.39. The van der Waals surface area contributed by atoms with Gasteiger partial charge in [-0.3, -0.25) is 14.0 Å². The molecular formula is C12H23N3OS. The van der Waals surface area contributed by atoms with E-state index in [-0.39, 0.29) is 5.91 Å². The number of hydrogen-bond donors (Lipinski definition) is 0. The fraction of sp³-hybridized carbons (Fsp3) is 0.917. The van der Waals surface area contributed by atoms with E-state index < -0.39 is 0 Å². The molecule has 0 N–H and O–H groups in total. The van der Waals surface area contributed by atoms with Crippen molar-refractivity contribution in [1.82, 2.24) is 14.1 Å². The Morgan fingerprint density at radius 1 is 1.06 bits per heavy atom. The minimum atomic E-state index is 0.224. The minimum absolute atomic E-state index is 0.224. The SMILES string of the molecule is CSN1CCC(N2CCN(C(C)=O)CC2)CC1. The van der Waals surface area contributed by atoms with Crippen LogP contribution in [0.15, 0.2) is 0 Å². The highest BCUT2D eigenvalue weighted by atomic mass is 32.2. The molecule has 2 rings (SSSR count). The van der Waals surface area contributed by atoms with E-state index in [1.807, 2.05) is 16.8 Å². The molecule has 0 spiro atoms. The summed E-state index contributed by atoms with van der Waals surface area (Å²) in [7, 11) is 0. The van der Waals surface area contributed by atoms with E-state index in [9.17, 15) is 4.79 Å². The van der Waals surface area contributed by atoms with E-state index >= 15 is 0 Å². The minimum Gasteiger partial charge on any atom is -0.340 e. The zero-order valence-corrected chi connectivity index (χ0v) is 11.7. The lowest BCUT2D eigenvalue weighted by Gasteiger charge is -2.42. The molecule has 0 saturated carbocycles. The second-order valence-corrected chi connectivity index (χ2v) is 5.77. The number of carbonyl (C=O) groups excluding carboxylic acids is 1. The first-order valence-corrected chi connectivity index (χ1v) is 7.67. The van der Waals surface area contributed by atoms with Gasteiger partial charge in [-0.05, 0) is 19.1 Å². The van der Waals surface area contributed by atoms with Crippen molar-refractivity contribution >= 4 is 17.9 Å². The molecule has 0 radical (unpaired) electrons. The maximum atomic E-state index is 11.3. The van der Waals surface area contributed by atoms with Crippen LogP contribution in [-0.2, 0) is 4.79 Å². The summed E-state index contributed by atoms with van der Waals surface area (Å²) in [6.07, 6.45) is 4.72. The molecule has 0 aromatic heterocycles. The van der Waals surface area contributed by atoms with Crippen LogP contribution in [0.1, 0.15) is 19.8 Å². The van der Waals surface area contributed by atoms with Crippen LogP contribution < -0.4 is 0 Å². The second kappa shape index (κ2) is 6.07. The van der Waals surface area contributed by atoms with Gasteiger partial charge in [0.1, 0.15) is 0 Å². The van der Waals surface area contributed by atoms with Crippen LogP contribution >= 0.6 is 11.9 Å². The molecule has 0 aliphatic carbocycles. The Balaban J connectivity index is 1.76. The van der Waals surface area contributed by atoms with Gasteiger partial charge in [0.25, 0.3) is 0 Å². The number of piperidine rings is 1. The number of nitrogens with zero attached hydrogens (tertiary/aromatic N) is 3. The van der Waals surface area contributed by atoms with E-state index in [1.54, 1.807) is 6.92 Å². The van der Waals surface area contributed by atoms with Gasteiger partial charge in [0.05, 0.1) is 0 Å². The van der Waals surface area contributed by atoms with Crippen LogP contribution in [-0.4, -0.2) is 71.6 Å². The Morgan fingerprint density at radius 2 is 1.65 bits per heavy atom. The molecule has 4 nitrogen and oxygen atoms in total. The van der Waals surface area contributed by atoms with Crippen LogP contribution in [0.4, 0.5) is 0 Å². The maximum absolute atomic E-state index is 11.3. The zero-order chi connectivity index (χ0) is 12.3. The Morgan fingerprint density at radius 3 is 2.12 bits per heavy atom. The topological polar surface area (TPSA) is 26.8 Å². The summed E-state index contributed by atoms with van der Waals surface area (Å²) in [6.45, 7) is 8.04. The first-order valence-electron chi connectivity index (χ1n) is 6.49. The van der Waals surface area contributed by atoms with Crippen LogP contribution in [0.25, 0.3) is 0 Å². The lowest BCUT2D eigenvalue weighted by Crippen LogP contribution is -2.53. The molecule has 2 heterocycles. The van der Waals surface area contributed by atoms with Crippen LogP contribution in [0, 0.1) is 0 Å². The highest BCUT2D eigenvalue weighted by molar-refractivity contribution is 7.96. The molecule has 0 unspecified atom stereocenters. The summed E-state index contributed by atoms with van der Waals surface area (Å²) in [5.41, 5.74) is 0. The monoisotopic (exact) mass is 257 g/mol.